The molecule has 0 spiro atoms. The summed E-state index contributed by atoms with van der Waals surface area (Å²) in [5, 5.41) is 9.33. The Morgan fingerprint density at radius 1 is 1.10 bits per heavy atom. The van der Waals surface area contributed by atoms with Gasteiger partial charge < -0.3 is 14.8 Å². The third-order valence-electron chi connectivity index (χ3n) is 4.91. The molecule has 1 saturated heterocycles. The number of nitrogens with one attached hydrogen (secondary N) is 1. The molecule has 29 heavy (non-hydrogen) atoms. The molecule has 6 nitrogen and oxygen atoms in total. The number of anilines is 1. The summed E-state index contributed by atoms with van der Waals surface area (Å²) in [6.45, 7) is 8.16. The molecule has 2 aromatic heterocycles. The van der Waals surface area contributed by atoms with Crippen LogP contribution in [0.1, 0.15) is 57.5 Å². The molecule has 1 atom stereocenters. The summed E-state index contributed by atoms with van der Waals surface area (Å²) < 4.78 is 13.9. The molecule has 1 N–H and O–H groups in total. The van der Waals surface area contributed by atoms with Crippen molar-refractivity contribution in [1.29, 1.82) is 0 Å². The van der Waals surface area contributed by atoms with Gasteiger partial charge in [-0.05, 0) is 57.7 Å². The Morgan fingerprint density at radius 2 is 1.93 bits per heavy atom. The normalized spacial score (nSPS) is 17.6. The Bertz CT molecular complexity index is 941. The van der Waals surface area contributed by atoms with E-state index in [2.05, 4.69) is 44.3 Å². The number of rotatable bonds is 6. The van der Waals surface area contributed by atoms with Crippen LogP contribution in [0.5, 0.6) is 0 Å². The van der Waals surface area contributed by atoms with E-state index in [1.54, 1.807) is 0 Å². The van der Waals surface area contributed by atoms with Crippen molar-refractivity contribution in [2.75, 3.05) is 11.9 Å². The summed E-state index contributed by atoms with van der Waals surface area (Å²) in [6.07, 6.45) is 3.14. The van der Waals surface area contributed by atoms with Crippen LogP contribution >= 0.6 is 0 Å². The molecule has 154 valence electrons. The average Bonchev–Trinajstić information content (AvgIpc) is 3.06. The first-order valence-electron chi connectivity index (χ1n) is 10.4. The molecule has 0 saturated carbocycles. The third-order valence-corrected chi connectivity index (χ3v) is 4.91. The Morgan fingerprint density at radius 3 is 2.66 bits per heavy atom. The highest BCUT2D eigenvalue weighted by Crippen LogP contribution is 2.29. The summed E-state index contributed by atoms with van der Waals surface area (Å²) in [4.78, 5) is 4.88. The van der Waals surface area contributed by atoms with Gasteiger partial charge in [-0.2, -0.15) is 5.10 Å². The molecule has 4 rings (SSSR count). The largest absolute Gasteiger partial charge is 0.370 e. The first-order valence-corrected chi connectivity index (χ1v) is 10.4. The molecular formula is C23H30N4O2. The lowest BCUT2D eigenvalue weighted by Crippen LogP contribution is -2.26. The fourth-order valence-corrected chi connectivity index (χ4v) is 3.60. The lowest BCUT2D eigenvalue weighted by Gasteiger charge is -2.24. The molecule has 0 amide bonds. The number of hydrogen-bond donors (Lipinski definition) is 1. The van der Waals surface area contributed by atoms with Crippen molar-refractivity contribution in [3.8, 4) is 0 Å². The van der Waals surface area contributed by atoms with E-state index >= 15 is 0 Å². The molecule has 1 unspecified atom stereocenters. The second kappa shape index (κ2) is 8.51. The van der Waals surface area contributed by atoms with Gasteiger partial charge >= 0.3 is 0 Å². The van der Waals surface area contributed by atoms with E-state index in [0.717, 1.165) is 54.0 Å². The highest BCUT2D eigenvalue weighted by Gasteiger charge is 2.23. The maximum absolute atomic E-state index is 6.00. The molecule has 0 aliphatic carbocycles. The molecule has 1 aromatic carbocycles. The molecule has 0 radical (unpaired) electrons. The van der Waals surface area contributed by atoms with E-state index in [1.807, 2.05) is 28.9 Å². The van der Waals surface area contributed by atoms with Crippen molar-refractivity contribution in [3.05, 3.63) is 53.7 Å². The molecule has 1 aliphatic heterocycles. The van der Waals surface area contributed by atoms with E-state index in [9.17, 15) is 0 Å². The SMILES string of the molecule is CC(C)(C)Nc1ccc2c(COCc3ccccc3)nn(C3CCCCO3)c2n1. The topological polar surface area (TPSA) is 61.2 Å². The van der Waals surface area contributed by atoms with Gasteiger partial charge in [0.25, 0.3) is 0 Å². The minimum atomic E-state index is -0.0634. The van der Waals surface area contributed by atoms with Gasteiger partial charge in [0.05, 0.1) is 18.9 Å². The monoisotopic (exact) mass is 394 g/mol. The first kappa shape index (κ1) is 19.9. The number of ether oxygens (including phenoxy) is 2. The van der Waals surface area contributed by atoms with Crippen molar-refractivity contribution < 1.29 is 9.47 Å². The summed E-state index contributed by atoms with van der Waals surface area (Å²) >= 11 is 0. The Balaban J connectivity index is 1.61. The smallest absolute Gasteiger partial charge is 0.163 e. The molecule has 0 bridgehead atoms. The number of benzene rings is 1. The maximum atomic E-state index is 6.00. The standard InChI is InChI=1S/C23H30N4O2/c1-23(2,3)25-20-13-12-18-19(16-28-15-17-9-5-4-6-10-17)26-27(22(18)24-20)21-11-7-8-14-29-21/h4-6,9-10,12-13,21H,7-8,11,14-16H2,1-3H3,(H,24,25). The summed E-state index contributed by atoms with van der Waals surface area (Å²) in [5.41, 5.74) is 2.85. The van der Waals surface area contributed by atoms with E-state index in [1.165, 1.54) is 0 Å². The van der Waals surface area contributed by atoms with Crippen molar-refractivity contribution in [3.63, 3.8) is 0 Å². The summed E-state index contributed by atoms with van der Waals surface area (Å²) in [5.74, 6) is 0.846. The van der Waals surface area contributed by atoms with Crippen LogP contribution in [0.2, 0.25) is 0 Å². The zero-order valence-electron chi connectivity index (χ0n) is 17.5. The zero-order valence-corrected chi connectivity index (χ0v) is 17.5. The number of hydrogen-bond acceptors (Lipinski definition) is 5. The number of fused-ring (bicyclic) bond motifs is 1. The van der Waals surface area contributed by atoms with Gasteiger partial charge in [0.2, 0.25) is 0 Å². The van der Waals surface area contributed by atoms with Gasteiger partial charge in [-0.3, -0.25) is 0 Å². The van der Waals surface area contributed by atoms with Crippen molar-refractivity contribution in [2.24, 2.45) is 0 Å². The van der Waals surface area contributed by atoms with Crippen LogP contribution < -0.4 is 5.32 Å². The minimum absolute atomic E-state index is 0.0610. The van der Waals surface area contributed by atoms with Gasteiger partial charge in [0.15, 0.2) is 11.9 Å². The van der Waals surface area contributed by atoms with Crippen molar-refractivity contribution in [2.45, 2.75) is 65.0 Å². The first-order chi connectivity index (χ1) is 14.0. The van der Waals surface area contributed by atoms with Crippen LogP contribution in [0.15, 0.2) is 42.5 Å². The number of nitrogens with zero attached hydrogens (tertiary/aromatic N) is 3. The van der Waals surface area contributed by atoms with Crippen molar-refractivity contribution in [1.82, 2.24) is 14.8 Å². The van der Waals surface area contributed by atoms with Gasteiger partial charge in [-0.25, -0.2) is 9.67 Å². The molecule has 6 heteroatoms. The second-order valence-electron chi connectivity index (χ2n) is 8.63. The maximum Gasteiger partial charge on any atom is 0.163 e. The Labute approximate surface area is 172 Å². The minimum Gasteiger partial charge on any atom is -0.370 e. The van der Waals surface area contributed by atoms with Crippen LogP contribution in [0.3, 0.4) is 0 Å². The van der Waals surface area contributed by atoms with Crippen molar-refractivity contribution >= 4 is 16.9 Å². The lowest BCUT2D eigenvalue weighted by atomic mass is 10.1. The lowest BCUT2D eigenvalue weighted by molar-refractivity contribution is -0.0376. The summed E-state index contributed by atoms with van der Waals surface area (Å²) in [6, 6.07) is 14.3. The predicted molar refractivity (Wildman–Crippen MR) is 115 cm³/mol. The van der Waals surface area contributed by atoms with Crippen LogP contribution in [0.4, 0.5) is 5.82 Å². The highest BCUT2D eigenvalue weighted by molar-refractivity contribution is 5.80. The van der Waals surface area contributed by atoms with E-state index in [4.69, 9.17) is 19.6 Å². The van der Waals surface area contributed by atoms with Gasteiger partial charge in [0, 0.05) is 17.5 Å². The second-order valence-corrected chi connectivity index (χ2v) is 8.63. The molecule has 3 aromatic rings. The van der Waals surface area contributed by atoms with E-state index in [-0.39, 0.29) is 11.8 Å². The molecule has 1 fully saturated rings. The fraction of sp³-hybridized carbons (Fsp3) is 0.478. The van der Waals surface area contributed by atoms with Crippen LogP contribution in [-0.2, 0) is 22.7 Å². The van der Waals surface area contributed by atoms with Crippen LogP contribution in [0.25, 0.3) is 11.0 Å². The molecular weight excluding hydrogens is 364 g/mol. The van der Waals surface area contributed by atoms with Gasteiger partial charge in [-0.1, -0.05) is 30.3 Å². The molecule has 1 aliphatic rings. The van der Waals surface area contributed by atoms with Crippen LogP contribution in [0, 0.1) is 0 Å². The molecule has 3 heterocycles. The summed E-state index contributed by atoms with van der Waals surface area (Å²) in [7, 11) is 0. The fourth-order valence-electron chi connectivity index (χ4n) is 3.60. The predicted octanol–water partition coefficient (Wildman–Crippen LogP) is 5.06. The third kappa shape index (κ3) is 4.95. The average molecular weight is 395 g/mol. The van der Waals surface area contributed by atoms with Gasteiger partial charge in [-0.15, -0.1) is 0 Å². The Kier molecular flexibility index (Phi) is 5.83. The quantitative estimate of drug-likeness (QED) is 0.633. The van der Waals surface area contributed by atoms with Crippen LogP contribution in [-0.4, -0.2) is 26.9 Å². The zero-order chi connectivity index (χ0) is 20.3. The van der Waals surface area contributed by atoms with E-state index < -0.39 is 0 Å². The van der Waals surface area contributed by atoms with Gasteiger partial charge in [0.1, 0.15) is 5.82 Å². The highest BCUT2D eigenvalue weighted by atomic mass is 16.5. The van der Waals surface area contributed by atoms with E-state index in [0.29, 0.717) is 13.2 Å². The number of aromatic nitrogens is 3. The number of pyridine rings is 1. The Hall–Kier alpha value is -2.44.